The average Bonchev–Trinajstić information content (AvgIpc) is 2.87. The van der Waals surface area contributed by atoms with Gasteiger partial charge in [0.1, 0.15) is 12.4 Å². The molecule has 2 saturated heterocycles. The largest absolute Gasteiger partial charge is 0.490 e. The summed E-state index contributed by atoms with van der Waals surface area (Å²) in [6, 6.07) is 7.30. The van der Waals surface area contributed by atoms with Crippen molar-refractivity contribution in [3.05, 3.63) is 42.5 Å². The number of rotatable bonds is 4. The first-order valence-electron chi connectivity index (χ1n) is 8.10. The fraction of sp³-hybridized carbons (Fsp3) is 0.500. The zero-order valence-electron chi connectivity index (χ0n) is 13.6. The van der Waals surface area contributed by atoms with Crippen molar-refractivity contribution in [2.75, 3.05) is 46.4 Å². The third kappa shape index (κ3) is 3.74. The van der Waals surface area contributed by atoms with Crippen LogP contribution in [0.3, 0.4) is 0 Å². The molecule has 23 heavy (non-hydrogen) atoms. The van der Waals surface area contributed by atoms with Gasteiger partial charge in [-0.15, -0.1) is 0 Å². The molecule has 1 aromatic carbocycles. The Morgan fingerprint density at radius 2 is 2.13 bits per heavy atom. The highest BCUT2D eigenvalue weighted by molar-refractivity contribution is 5.94. The molecule has 0 N–H and O–H groups in total. The molecule has 0 radical (unpaired) electrons. The van der Waals surface area contributed by atoms with Crippen LogP contribution in [0.1, 0.15) is 10.4 Å². The number of nitrogens with zero attached hydrogens (tertiary/aromatic N) is 2. The van der Waals surface area contributed by atoms with Crippen LogP contribution in [0.4, 0.5) is 0 Å². The number of hydrogen-bond acceptors (Lipinski definition) is 4. The number of carbonyl (C=O) groups is 1. The second-order valence-corrected chi connectivity index (χ2v) is 6.27. The zero-order chi connectivity index (χ0) is 16.2. The molecule has 124 valence electrons. The molecule has 0 spiro atoms. The van der Waals surface area contributed by atoms with Crippen LogP contribution in [0.5, 0.6) is 5.75 Å². The van der Waals surface area contributed by atoms with Gasteiger partial charge in [0, 0.05) is 37.7 Å². The molecule has 3 rings (SSSR count). The van der Waals surface area contributed by atoms with Crippen molar-refractivity contribution in [3.63, 3.8) is 0 Å². The van der Waals surface area contributed by atoms with E-state index in [-0.39, 0.29) is 12.0 Å². The van der Waals surface area contributed by atoms with Crippen molar-refractivity contribution < 1.29 is 14.3 Å². The van der Waals surface area contributed by atoms with Crippen LogP contribution in [-0.2, 0) is 4.74 Å². The Kier molecular flexibility index (Phi) is 4.98. The lowest BCUT2D eigenvalue weighted by molar-refractivity contribution is 0.0487. The van der Waals surface area contributed by atoms with Gasteiger partial charge >= 0.3 is 0 Å². The quantitative estimate of drug-likeness (QED) is 0.792. The molecule has 0 aliphatic carbocycles. The lowest BCUT2D eigenvalue weighted by Crippen LogP contribution is -2.32. The summed E-state index contributed by atoms with van der Waals surface area (Å²) in [6.07, 6.45) is 1.86. The highest BCUT2D eigenvalue weighted by Gasteiger charge is 2.38. The van der Waals surface area contributed by atoms with Gasteiger partial charge in [-0.05, 0) is 31.3 Å². The van der Waals surface area contributed by atoms with Crippen LogP contribution in [0.2, 0.25) is 0 Å². The van der Waals surface area contributed by atoms with E-state index in [4.69, 9.17) is 9.47 Å². The maximum Gasteiger partial charge on any atom is 0.253 e. The standard InChI is InChI=1S/C18H24N2O3/c1-3-9-22-16-6-4-14(5-7-16)18(21)20-12-15-11-19(2)8-10-23-17(15)13-20/h3-7,15,17H,1,8-13H2,2H3/t15-,17+/m0/s1. The van der Waals surface area contributed by atoms with E-state index in [1.54, 1.807) is 6.08 Å². The van der Waals surface area contributed by atoms with E-state index in [0.717, 1.165) is 32.0 Å². The topological polar surface area (TPSA) is 42.0 Å². The smallest absolute Gasteiger partial charge is 0.253 e. The molecular weight excluding hydrogens is 292 g/mol. The fourth-order valence-electron chi connectivity index (χ4n) is 3.25. The molecule has 1 amide bonds. The second kappa shape index (κ2) is 7.15. The van der Waals surface area contributed by atoms with Crippen LogP contribution in [0.25, 0.3) is 0 Å². The van der Waals surface area contributed by atoms with Crippen molar-refractivity contribution in [2.45, 2.75) is 6.10 Å². The maximum atomic E-state index is 12.7. The van der Waals surface area contributed by atoms with Gasteiger partial charge in [0.15, 0.2) is 0 Å². The van der Waals surface area contributed by atoms with Gasteiger partial charge in [0.2, 0.25) is 0 Å². The maximum absolute atomic E-state index is 12.7. The summed E-state index contributed by atoms with van der Waals surface area (Å²) in [5, 5.41) is 0. The van der Waals surface area contributed by atoms with Crippen molar-refractivity contribution in [1.29, 1.82) is 0 Å². The highest BCUT2D eigenvalue weighted by atomic mass is 16.5. The first-order valence-corrected chi connectivity index (χ1v) is 8.10. The minimum absolute atomic E-state index is 0.0691. The number of benzene rings is 1. The van der Waals surface area contributed by atoms with Crippen molar-refractivity contribution in [3.8, 4) is 5.75 Å². The Labute approximate surface area is 137 Å². The van der Waals surface area contributed by atoms with Crippen LogP contribution < -0.4 is 4.74 Å². The van der Waals surface area contributed by atoms with Crippen LogP contribution in [0, 0.1) is 5.92 Å². The number of ether oxygens (including phenoxy) is 2. The summed E-state index contributed by atoms with van der Waals surface area (Å²) < 4.78 is 11.4. The Balaban J connectivity index is 1.63. The predicted octanol–water partition coefficient (Wildman–Crippen LogP) is 1.65. The summed E-state index contributed by atoms with van der Waals surface area (Å²) in [5.41, 5.74) is 0.695. The minimum Gasteiger partial charge on any atom is -0.490 e. The second-order valence-electron chi connectivity index (χ2n) is 6.27. The predicted molar refractivity (Wildman–Crippen MR) is 88.8 cm³/mol. The normalized spacial score (nSPS) is 24.8. The molecule has 2 atom stereocenters. The van der Waals surface area contributed by atoms with Crippen LogP contribution in [-0.4, -0.2) is 68.3 Å². The summed E-state index contributed by atoms with van der Waals surface area (Å²) >= 11 is 0. The lowest BCUT2D eigenvalue weighted by atomic mass is 10.1. The molecule has 2 fully saturated rings. The molecule has 0 aromatic heterocycles. The van der Waals surface area contributed by atoms with E-state index in [0.29, 0.717) is 24.6 Å². The van der Waals surface area contributed by atoms with Crippen LogP contribution in [0.15, 0.2) is 36.9 Å². The molecule has 0 bridgehead atoms. The van der Waals surface area contributed by atoms with E-state index in [2.05, 4.69) is 18.5 Å². The summed E-state index contributed by atoms with van der Waals surface area (Å²) in [4.78, 5) is 16.9. The molecule has 5 heteroatoms. The summed E-state index contributed by atoms with van der Waals surface area (Å²) in [6.45, 7) is 8.24. The zero-order valence-corrected chi connectivity index (χ0v) is 13.6. The molecular formula is C18H24N2O3. The minimum atomic E-state index is 0.0691. The number of fused-ring (bicyclic) bond motifs is 1. The van der Waals surface area contributed by atoms with Gasteiger partial charge < -0.3 is 19.3 Å². The molecule has 0 saturated carbocycles. The van der Waals surface area contributed by atoms with E-state index < -0.39 is 0 Å². The van der Waals surface area contributed by atoms with Gasteiger partial charge in [0.05, 0.1) is 12.7 Å². The Bertz CT molecular complexity index is 558. The van der Waals surface area contributed by atoms with Crippen LogP contribution >= 0.6 is 0 Å². The van der Waals surface area contributed by atoms with E-state index in [9.17, 15) is 4.79 Å². The van der Waals surface area contributed by atoms with Gasteiger partial charge in [-0.1, -0.05) is 12.7 Å². The van der Waals surface area contributed by atoms with Gasteiger partial charge in [-0.2, -0.15) is 0 Å². The Hall–Kier alpha value is -1.85. The number of likely N-dealkylation sites (tertiary alicyclic amines) is 1. The number of amides is 1. The van der Waals surface area contributed by atoms with Crippen molar-refractivity contribution >= 4 is 5.91 Å². The summed E-state index contributed by atoms with van der Waals surface area (Å²) in [5.74, 6) is 1.22. The molecule has 5 nitrogen and oxygen atoms in total. The number of likely N-dealkylation sites (N-methyl/N-ethyl adjacent to an activating group) is 1. The van der Waals surface area contributed by atoms with Crippen molar-refractivity contribution in [1.82, 2.24) is 9.80 Å². The van der Waals surface area contributed by atoms with E-state index in [1.165, 1.54) is 0 Å². The first kappa shape index (κ1) is 16.0. The average molecular weight is 316 g/mol. The number of hydrogen-bond donors (Lipinski definition) is 0. The van der Waals surface area contributed by atoms with E-state index >= 15 is 0 Å². The molecule has 0 unspecified atom stereocenters. The monoisotopic (exact) mass is 316 g/mol. The third-order valence-corrected chi connectivity index (χ3v) is 4.49. The summed E-state index contributed by atoms with van der Waals surface area (Å²) in [7, 11) is 2.11. The highest BCUT2D eigenvalue weighted by Crippen LogP contribution is 2.25. The molecule has 1 aromatic rings. The first-order chi connectivity index (χ1) is 11.2. The van der Waals surface area contributed by atoms with E-state index in [1.807, 2.05) is 29.2 Å². The van der Waals surface area contributed by atoms with Crippen molar-refractivity contribution in [2.24, 2.45) is 5.92 Å². The lowest BCUT2D eigenvalue weighted by Gasteiger charge is -2.19. The van der Waals surface area contributed by atoms with Gasteiger partial charge in [-0.3, -0.25) is 4.79 Å². The SMILES string of the molecule is C=CCOc1ccc(C(=O)N2C[C@@H]3CN(C)CCO[C@@H]3C2)cc1. The Morgan fingerprint density at radius 3 is 2.87 bits per heavy atom. The fourth-order valence-corrected chi connectivity index (χ4v) is 3.25. The molecule has 2 aliphatic heterocycles. The molecule has 2 heterocycles. The van der Waals surface area contributed by atoms with Gasteiger partial charge in [0.25, 0.3) is 5.91 Å². The third-order valence-electron chi connectivity index (χ3n) is 4.49. The Morgan fingerprint density at radius 1 is 1.35 bits per heavy atom. The van der Waals surface area contributed by atoms with Gasteiger partial charge in [-0.25, -0.2) is 0 Å². The molecule has 2 aliphatic rings. The number of carbonyl (C=O) groups excluding carboxylic acids is 1.